The molecular formula is C8H9Cl3FNO. The standard InChI is InChI=1S/C8H8Cl2FNO.ClH/c9-4-1-5(7(12)3-11)8(13)6(10)2-4;/h1-2,7,13H,3,12H2;1H/t7-;/m1./s1. The average Bonchev–Trinajstić information content (AvgIpc) is 2.10. The third-order valence-electron chi connectivity index (χ3n) is 1.62. The van der Waals surface area contributed by atoms with Gasteiger partial charge >= 0.3 is 0 Å². The molecule has 0 saturated heterocycles. The smallest absolute Gasteiger partial charge is 0.139 e. The molecule has 0 heterocycles. The quantitative estimate of drug-likeness (QED) is 0.858. The topological polar surface area (TPSA) is 46.2 Å². The molecule has 14 heavy (non-hydrogen) atoms. The Hall–Kier alpha value is -0.220. The van der Waals surface area contributed by atoms with Crippen molar-refractivity contribution in [2.75, 3.05) is 6.67 Å². The van der Waals surface area contributed by atoms with Crippen LogP contribution < -0.4 is 5.73 Å². The molecule has 0 saturated carbocycles. The van der Waals surface area contributed by atoms with Gasteiger partial charge in [0.25, 0.3) is 0 Å². The highest BCUT2D eigenvalue weighted by molar-refractivity contribution is 6.35. The molecule has 1 aromatic carbocycles. The van der Waals surface area contributed by atoms with Gasteiger partial charge in [-0.1, -0.05) is 23.2 Å². The van der Waals surface area contributed by atoms with E-state index in [1.807, 2.05) is 0 Å². The number of aromatic hydroxyl groups is 1. The number of nitrogens with two attached hydrogens (primary N) is 1. The Balaban J connectivity index is 0.00000169. The maximum atomic E-state index is 12.2. The molecule has 0 fully saturated rings. The van der Waals surface area contributed by atoms with Crippen molar-refractivity contribution in [2.24, 2.45) is 5.73 Å². The van der Waals surface area contributed by atoms with Gasteiger partial charge in [0.15, 0.2) is 0 Å². The zero-order valence-corrected chi connectivity index (χ0v) is 9.33. The fraction of sp³-hybridized carbons (Fsp3) is 0.250. The fourth-order valence-electron chi connectivity index (χ4n) is 0.952. The Morgan fingerprint density at radius 1 is 1.43 bits per heavy atom. The number of hydrogen-bond donors (Lipinski definition) is 2. The lowest BCUT2D eigenvalue weighted by Crippen LogP contribution is -2.12. The Bertz CT molecular complexity index is 322. The van der Waals surface area contributed by atoms with Crippen molar-refractivity contribution < 1.29 is 9.50 Å². The predicted octanol–water partition coefficient (Wildman–Crippen LogP) is 3.09. The largest absolute Gasteiger partial charge is 0.506 e. The number of hydrogen-bond acceptors (Lipinski definition) is 2. The van der Waals surface area contributed by atoms with Gasteiger partial charge in [0.1, 0.15) is 12.4 Å². The molecule has 3 N–H and O–H groups in total. The first kappa shape index (κ1) is 13.8. The van der Waals surface area contributed by atoms with Crippen LogP contribution in [0.15, 0.2) is 12.1 Å². The van der Waals surface area contributed by atoms with E-state index in [0.717, 1.165) is 0 Å². The van der Waals surface area contributed by atoms with Gasteiger partial charge in [-0.15, -0.1) is 12.4 Å². The molecule has 0 aliphatic carbocycles. The van der Waals surface area contributed by atoms with Crippen LogP contribution in [0.1, 0.15) is 11.6 Å². The van der Waals surface area contributed by atoms with E-state index < -0.39 is 12.7 Å². The summed E-state index contributed by atoms with van der Waals surface area (Å²) in [5.74, 6) is -0.212. The number of alkyl halides is 1. The lowest BCUT2D eigenvalue weighted by Gasteiger charge is -2.11. The molecule has 0 amide bonds. The van der Waals surface area contributed by atoms with Crippen LogP contribution in [0.5, 0.6) is 5.75 Å². The van der Waals surface area contributed by atoms with Crippen LogP contribution in [0.4, 0.5) is 4.39 Å². The molecule has 6 heteroatoms. The summed E-state index contributed by atoms with van der Waals surface area (Å²) in [4.78, 5) is 0. The summed E-state index contributed by atoms with van der Waals surface area (Å²) >= 11 is 11.3. The van der Waals surface area contributed by atoms with Crippen LogP contribution in [0, 0.1) is 0 Å². The molecule has 0 aromatic heterocycles. The van der Waals surface area contributed by atoms with Gasteiger partial charge in [0.2, 0.25) is 0 Å². The van der Waals surface area contributed by atoms with Crippen LogP contribution in [0.2, 0.25) is 10.0 Å². The van der Waals surface area contributed by atoms with E-state index in [9.17, 15) is 9.50 Å². The van der Waals surface area contributed by atoms with Crippen molar-refractivity contribution in [3.63, 3.8) is 0 Å². The predicted molar refractivity (Wildman–Crippen MR) is 58.3 cm³/mol. The van der Waals surface area contributed by atoms with E-state index in [1.165, 1.54) is 12.1 Å². The third-order valence-corrected chi connectivity index (χ3v) is 2.13. The van der Waals surface area contributed by atoms with E-state index in [0.29, 0.717) is 5.02 Å². The van der Waals surface area contributed by atoms with Crippen LogP contribution in [-0.4, -0.2) is 11.8 Å². The maximum absolute atomic E-state index is 12.2. The van der Waals surface area contributed by atoms with Crippen molar-refractivity contribution >= 4 is 35.6 Å². The molecule has 80 valence electrons. The molecule has 0 radical (unpaired) electrons. The van der Waals surface area contributed by atoms with E-state index in [4.69, 9.17) is 28.9 Å². The van der Waals surface area contributed by atoms with E-state index >= 15 is 0 Å². The summed E-state index contributed by atoms with van der Waals surface area (Å²) in [6, 6.07) is 1.87. The Morgan fingerprint density at radius 3 is 2.50 bits per heavy atom. The second kappa shape index (κ2) is 5.61. The number of phenols is 1. The lowest BCUT2D eigenvalue weighted by molar-refractivity contribution is 0.414. The van der Waals surface area contributed by atoms with Gasteiger partial charge in [-0.05, 0) is 12.1 Å². The number of halogens is 4. The van der Waals surface area contributed by atoms with Gasteiger partial charge in [-0.2, -0.15) is 0 Å². The number of rotatable bonds is 2. The molecular weight excluding hydrogens is 251 g/mol. The van der Waals surface area contributed by atoms with Crippen LogP contribution >= 0.6 is 35.6 Å². The van der Waals surface area contributed by atoms with Crippen molar-refractivity contribution in [3.05, 3.63) is 27.7 Å². The number of phenolic OH excluding ortho intramolecular Hbond substituents is 1. The minimum absolute atomic E-state index is 0. The normalized spacial score (nSPS) is 12.0. The molecule has 1 aromatic rings. The first-order valence-corrected chi connectivity index (χ1v) is 4.31. The highest BCUT2D eigenvalue weighted by Gasteiger charge is 2.14. The summed E-state index contributed by atoms with van der Waals surface area (Å²) in [6.07, 6.45) is 0. The monoisotopic (exact) mass is 259 g/mol. The van der Waals surface area contributed by atoms with E-state index in [1.54, 1.807) is 0 Å². The van der Waals surface area contributed by atoms with Gasteiger partial charge in [0, 0.05) is 10.6 Å². The zero-order chi connectivity index (χ0) is 10.0. The van der Waals surface area contributed by atoms with Gasteiger partial charge in [-0.25, -0.2) is 4.39 Å². The highest BCUT2D eigenvalue weighted by atomic mass is 35.5. The van der Waals surface area contributed by atoms with Crippen molar-refractivity contribution in [1.82, 2.24) is 0 Å². The average molecular weight is 261 g/mol. The number of benzene rings is 1. The summed E-state index contributed by atoms with van der Waals surface area (Å²) in [5.41, 5.74) is 5.60. The second-order valence-electron chi connectivity index (χ2n) is 2.59. The van der Waals surface area contributed by atoms with Crippen LogP contribution in [0.3, 0.4) is 0 Å². The third kappa shape index (κ3) is 2.89. The highest BCUT2D eigenvalue weighted by Crippen LogP contribution is 2.34. The van der Waals surface area contributed by atoms with Crippen molar-refractivity contribution in [2.45, 2.75) is 6.04 Å². The van der Waals surface area contributed by atoms with Gasteiger partial charge in [-0.3, -0.25) is 0 Å². The molecule has 0 aliphatic heterocycles. The molecule has 0 unspecified atom stereocenters. The Morgan fingerprint density at radius 2 is 2.00 bits per heavy atom. The van der Waals surface area contributed by atoms with Gasteiger partial charge < -0.3 is 10.8 Å². The zero-order valence-electron chi connectivity index (χ0n) is 7.01. The summed E-state index contributed by atoms with van der Waals surface area (Å²) in [6.45, 7) is -0.774. The molecule has 1 rings (SSSR count). The van der Waals surface area contributed by atoms with Crippen LogP contribution in [-0.2, 0) is 0 Å². The van der Waals surface area contributed by atoms with E-state index in [2.05, 4.69) is 0 Å². The van der Waals surface area contributed by atoms with Crippen molar-refractivity contribution in [3.8, 4) is 5.75 Å². The lowest BCUT2D eigenvalue weighted by atomic mass is 10.1. The Labute approximate surface area is 97.2 Å². The first-order chi connectivity index (χ1) is 6.06. The fourth-order valence-corrected chi connectivity index (χ4v) is 1.46. The first-order valence-electron chi connectivity index (χ1n) is 3.55. The Kier molecular flexibility index (Phi) is 5.52. The second-order valence-corrected chi connectivity index (χ2v) is 3.43. The minimum Gasteiger partial charge on any atom is -0.506 e. The molecule has 0 spiro atoms. The SMILES string of the molecule is Cl.N[C@H](CF)c1cc(Cl)cc(Cl)c1O. The van der Waals surface area contributed by atoms with Gasteiger partial charge in [0.05, 0.1) is 11.1 Å². The molecule has 2 nitrogen and oxygen atoms in total. The minimum atomic E-state index is -0.892. The van der Waals surface area contributed by atoms with Crippen LogP contribution in [0.25, 0.3) is 0 Å². The molecule has 0 bridgehead atoms. The van der Waals surface area contributed by atoms with Crippen molar-refractivity contribution in [1.29, 1.82) is 0 Å². The summed E-state index contributed by atoms with van der Waals surface area (Å²) in [5, 5.41) is 9.78. The summed E-state index contributed by atoms with van der Waals surface area (Å²) in [7, 11) is 0. The molecule has 0 aliphatic rings. The summed E-state index contributed by atoms with van der Waals surface area (Å²) < 4.78 is 12.2. The molecule has 1 atom stereocenters. The van der Waals surface area contributed by atoms with E-state index in [-0.39, 0.29) is 28.7 Å². The maximum Gasteiger partial charge on any atom is 0.139 e.